The molecule has 2 heterocycles. The maximum Gasteiger partial charge on any atom is 0.0990 e. The van der Waals surface area contributed by atoms with E-state index in [4.69, 9.17) is 0 Å². The molecule has 1 atom stereocenters. The van der Waals surface area contributed by atoms with Crippen molar-refractivity contribution in [1.82, 2.24) is 4.90 Å². The Hall–Kier alpha value is -0.180. The highest BCUT2D eigenvalue weighted by Crippen LogP contribution is 2.17. The lowest BCUT2D eigenvalue weighted by molar-refractivity contribution is 0.434. The van der Waals surface area contributed by atoms with Gasteiger partial charge in [-0.3, -0.25) is 4.99 Å². The van der Waals surface area contributed by atoms with Crippen LogP contribution in [0.2, 0.25) is 0 Å². The predicted molar refractivity (Wildman–Crippen MR) is 45.9 cm³/mol. The van der Waals surface area contributed by atoms with Gasteiger partial charge in [-0.15, -0.1) is 0 Å². The Morgan fingerprint density at radius 1 is 1.60 bits per heavy atom. The largest absolute Gasteiger partial charge is 0.359 e. The summed E-state index contributed by atoms with van der Waals surface area (Å²) in [5.74, 6) is 1.32. The van der Waals surface area contributed by atoms with Gasteiger partial charge in [0.25, 0.3) is 0 Å². The minimum atomic E-state index is 0.474. The zero-order chi connectivity index (χ0) is 6.97. The summed E-state index contributed by atoms with van der Waals surface area (Å²) in [5, 5.41) is 0.474. The molecule has 1 unspecified atom stereocenters. The molecule has 2 nitrogen and oxygen atoms in total. The molecule has 0 aliphatic carbocycles. The molecule has 1 saturated heterocycles. The van der Waals surface area contributed by atoms with Crippen molar-refractivity contribution in [3.05, 3.63) is 0 Å². The van der Waals surface area contributed by atoms with Crippen molar-refractivity contribution in [3.8, 4) is 0 Å². The zero-order valence-electron chi connectivity index (χ0n) is 5.95. The van der Waals surface area contributed by atoms with Gasteiger partial charge in [0.15, 0.2) is 0 Å². The fraction of sp³-hybridized carbons (Fsp3) is 0.857. The first-order valence-electron chi connectivity index (χ1n) is 3.82. The van der Waals surface area contributed by atoms with Gasteiger partial charge in [0.2, 0.25) is 0 Å². The van der Waals surface area contributed by atoms with E-state index in [0.717, 1.165) is 13.1 Å². The van der Waals surface area contributed by atoms with Crippen LogP contribution in [0, 0.1) is 0 Å². The van der Waals surface area contributed by atoms with E-state index < -0.39 is 0 Å². The molecule has 0 bridgehead atoms. The van der Waals surface area contributed by atoms with Crippen LogP contribution in [0.1, 0.15) is 12.8 Å². The van der Waals surface area contributed by atoms with Crippen molar-refractivity contribution < 1.29 is 0 Å². The summed E-state index contributed by atoms with van der Waals surface area (Å²) in [5.41, 5.74) is 0. The quantitative estimate of drug-likeness (QED) is 0.513. The topological polar surface area (TPSA) is 15.6 Å². The average Bonchev–Trinajstić information content (AvgIpc) is 2.33. The van der Waals surface area contributed by atoms with Gasteiger partial charge in [-0.05, 0) is 6.42 Å². The minimum Gasteiger partial charge on any atom is -0.359 e. The van der Waals surface area contributed by atoms with Crippen LogP contribution in [0.5, 0.6) is 0 Å². The molecule has 0 amide bonds. The van der Waals surface area contributed by atoms with E-state index in [1.165, 1.54) is 25.2 Å². The fourth-order valence-corrected chi connectivity index (χ4v) is 1.89. The molecular weight excluding hydrogens is 144 g/mol. The standard InChI is InChI=1S/C7H12N2S/c10-6-4-8-7-2-1-3-9(7)5-6/h6,10H,1-5H2. The van der Waals surface area contributed by atoms with Crippen LogP contribution in [0.4, 0.5) is 0 Å². The van der Waals surface area contributed by atoms with Gasteiger partial charge in [0.05, 0.1) is 12.4 Å². The van der Waals surface area contributed by atoms with E-state index in [-0.39, 0.29) is 0 Å². The van der Waals surface area contributed by atoms with Gasteiger partial charge in [-0.25, -0.2) is 0 Å². The van der Waals surface area contributed by atoms with Crippen LogP contribution < -0.4 is 0 Å². The third-order valence-corrected chi connectivity index (χ3v) is 2.44. The Kier molecular flexibility index (Phi) is 1.60. The third kappa shape index (κ3) is 1.03. The smallest absolute Gasteiger partial charge is 0.0990 e. The summed E-state index contributed by atoms with van der Waals surface area (Å²) in [7, 11) is 0. The predicted octanol–water partition coefficient (Wildman–Crippen LogP) is 0.793. The molecule has 0 spiro atoms. The van der Waals surface area contributed by atoms with Gasteiger partial charge in [0.1, 0.15) is 0 Å². The molecule has 0 aromatic carbocycles. The lowest BCUT2D eigenvalue weighted by Gasteiger charge is -2.26. The molecule has 0 saturated carbocycles. The number of amidine groups is 1. The molecule has 2 rings (SSSR count). The first-order chi connectivity index (χ1) is 4.86. The fourth-order valence-electron chi connectivity index (χ4n) is 1.61. The van der Waals surface area contributed by atoms with E-state index in [9.17, 15) is 0 Å². The van der Waals surface area contributed by atoms with Crippen molar-refractivity contribution in [2.75, 3.05) is 19.6 Å². The molecule has 0 radical (unpaired) electrons. The Labute approximate surface area is 66.7 Å². The van der Waals surface area contributed by atoms with E-state index >= 15 is 0 Å². The van der Waals surface area contributed by atoms with E-state index in [2.05, 4.69) is 22.5 Å². The molecule has 2 aliphatic heterocycles. The van der Waals surface area contributed by atoms with Crippen LogP contribution in [-0.2, 0) is 0 Å². The van der Waals surface area contributed by atoms with Crippen molar-refractivity contribution in [2.45, 2.75) is 18.1 Å². The molecule has 10 heavy (non-hydrogen) atoms. The third-order valence-electron chi connectivity index (χ3n) is 2.11. The highest BCUT2D eigenvalue weighted by atomic mass is 32.1. The number of hydrogen-bond donors (Lipinski definition) is 1. The number of thiol groups is 1. The molecule has 3 heteroatoms. The lowest BCUT2D eigenvalue weighted by atomic mass is 10.3. The van der Waals surface area contributed by atoms with Crippen LogP contribution in [0.15, 0.2) is 4.99 Å². The normalized spacial score (nSPS) is 31.9. The molecule has 0 N–H and O–H groups in total. The van der Waals surface area contributed by atoms with Crippen LogP contribution in [0.3, 0.4) is 0 Å². The molecule has 0 aromatic heterocycles. The minimum absolute atomic E-state index is 0.474. The maximum atomic E-state index is 4.44. The molecule has 2 aliphatic rings. The second-order valence-corrected chi connectivity index (χ2v) is 3.69. The van der Waals surface area contributed by atoms with Crippen molar-refractivity contribution in [2.24, 2.45) is 4.99 Å². The molecule has 0 aromatic rings. The van der Waals surface area contributed by atoms with Crippen LogP contribution in [0.25, 0.3) is 0 Å². The first kappa shape index (κ1) is 6.53. The summed E-state index contributed by atoms with van der Waals surface area (Å²) in [6.45, 7) is 3.24. The van der Waals surface area contributed by atoms with Crippen molar-refractivity contribution in [1.29, 1.82) is 0 Å². The summed E-state index contributed by atoms with van der Waals surface area (Å²) >= 11 is 4.39. The second-order valence-electron chi connectivity index (χ2n) is 2.96. The summed E-state index contributed by atoms with van der Waals surface area (Å²) in [6.07, 6.45) is 2.49. The van der Waals surface area contributed by atoms with Gasteiger partial charge < -0.3 is 4.90 Å². The summed E-state index contributed by atoms with van der Waals surface area (Å²) < 4.78 is 0. The number of fused-ring (bicyclic) bond motifs is 1. The van der Waals surface area contributed by atoms with Gasteiger partial charge in [-0.2, -0.15) is 12.6 Å². The Morgan fingerprint density at radius 2 is 2.50 bits per heavy atom. The average molecular weight is 156 g/mol. The molecule has 56 valence electrons. The van der Waals surface area contributed by atoms with Crippen molar-refractivity contribution >= 4 is 18.5 Å². The Balaban J connectivity index is 2.12. The molecule has 1 fully saturated rings. The zero-order valence-corrected chi connectivity index (χ0v) is 6.85. The molecular formula is C7H12N2S. The Morgan fingerprint density at radius 3 is 3.40 bits per heavy atom. The van der Waals surface area contributed by atoms with Gasteiger partial charge >= 0.3 is 0 Å². The number of hydrogen-bond acceptors (Lipinski definition) is 3. The Bertz CT molecular complexity index is 167. The van der Waals surface area contributed by atoms with E-state index in [1.54, 1.807) is 0 Å². The van der Waals surface area contributed by atoms with Crippen LogP contribution in [-0.4, -0.2) is 35.6 Å². The highest BCUT2D eigenvalue weighted by molar-refractivity contribution is 7.81. The van der Waals surface area contributed by atoms with E-state index in [1.807, 2.05) is 0 Å². The number of nitrogens with zero attached hydrogens (tertiary/aromatic N) is 2. The number of aliphatic imine (C=N–C) groups is 1. The van der Waals surface area contributed by atoms with Crippen molar-refractivity contribution in [3.63, 3.8) is 0 Å². The first-order valence-corrected chi connectivity index (χ1v) is 4.34. The van der Waals surface area contributed by atoms with Gasteiger partial charge in [-0.1, -0.05) is 0 Å². The van der Waals surface area contributed by atoms with Crippen LogP contribution >= 0.6 is 12.6 Å². The van der Waals surface area contributed by atoms with Gasteiger partial charge in [0, 0.05) is 24.8 Å². The second kappa shape index (κ2) is 2.46. The summed E-state index contributed by atoms with van der Waals surface area (Å²) in [4.78, 5) is 6.80. The highest BCUT2D eigenvalue weighted by Gasteiger charge is 2.23. The maximum absolute atomic E-state index is 4.44. The SMILES string of the molecule is SC1CN=C2CCCN2C1. The summed E-state index contributed by atoms with van der Waals surface area (Å²) in [6, 6.07) is 0. The monoisotopic (exact) mass is 156 g/mol. The number of rotatable bonds is 0. The van der Waals surface area contributed by atoms with E-state index in [0.29, 0.717) is 5.25 Å². The lowest BCUT2D eigenvalue weighted by Crippen LogP contribution is -2.36.